The molecule has 10 heteroatoms. The van der Waals surface area contributed by atoms with E-state index in [0.717, 1.165) is 11.1 Å². The predicted molar refractivity (Wildman–Crippen MR) is 123 cm³/mol. The highest BCUT2D eigenvalue weighted by Gasteiger charge is 2.38. The Morgan fingerprint density at radius 2 is 2.09 bits per heavy atom. The summed E-state index contributed by atoms with van der Waals surface area (Å²) in [6.07, 6.45) is 3.64. The van der Waals surface area contributed by atoms with Gasteiger partial charge in [0.05, 0.1) is 30.5 Å². The van der Waals surface area contributed by atoms with Crippen LogP contribution >= 0.6 is 23.2 Å². The number of nitrogens with two attached hydrogens (primary N) is 1. The van der Waals surface area contributed by atoms with Crippen molar-refractivity contribution in [1.82, 2.24) is 14.9 Å². The van der Waals surface area contributed by atoms with E-state index in [9.17, 15) is 9.90 Å². The van der Waals surface area contributed by atoms with Crippen LogP contribution in [0.2, 0.25) is 10.0 Å². The molecule has 2 aliphatic heterocycles. The van der Waals surface area contributed by atoms with Gasteiger partial charge in [0.25, 0.3) is 6.01 Å². The number of piperidine rings is 1. The fourth-order valence-electron chi connectivity index (χ4n) is 4.97. The molecular formula is C22H23Cl2N5O3. The lowest BCUT2D eigenvalue weighted by atomic mass is 9.89. The van der Waals surface area contributed by atoms with E-state index in [1.54, 1.807) is 18.5 Å². The molecule has 3 atom stereocenters. The molecule has 1 amide bonds. The van der Waals surface area contributed by atoms with E-state index in [-0.39, 0.29) is 23.9 Å². The summed E-state index contributed by atoms with van der Waals surface area (Å²) in [6, 6.07) is 3.51. The van der Waals surface area contributed by atoms with Gasteiger partial charge < -0.3 is 25.1 Å². The van der Waals surface area contributed by atoms with Crippen molar-refractivity contribution in [1.29, 1.82) is 0 Å². The minimum absolute atomic E-state index is 0.00450. The fraction of sp³-hybridized carbons (Fsp3) is 0.409. The maximum atomic E-state index is 13.6. The maximum Gasteiger partial charge on any atom is 0.293 e. The van der Waals surface area contributed by atoms with Crippen LogP contribution in [0.25, 0.3) is 11.1 Å². The largest absolute Gasteiger partial charge is 0.421 e. The topological polar surface area (TPSA) is 109 Å². The lowest BCUT2D eigenvalue weighted by molar-refractivity contribution is -0.139. The number of aromatic nitrogens is 2. The second-order valence-electron chi connectivity index (χ2n) is 8.47. The highest BCUT2D eigenvalue weighted by molar-refractivity contribution is 6.35. The van der Waals surface area contributed by atoms with Crippen LogP contribution in [0.15, 0.2) is 28.9 Å². The van der Waals surface area contributed by atoms with E-state index in [1.807, 2.05) is 22.8 Å². The molecule has 32 heavy (non-hydrogen) atoms. The van der Waals surface area contributed by atoms with Crippen LogP contribution in [0.5, 0.6) is 0 Å². The monoisotopic (exact) mass is 475 g/mol. The summed E-state index contributed by atoms with van der Waals surface area (Å²) in [6.45, 7) is 3.36. The summed E-state index contributed by atoms with van der Waals surface area (Å²) >= 11 is 12.6. The van der Waals surface area contributed by atoms with Gasteiger partial charge in [0.15, 0.2) is 5.58 Å². The molecule has 2 aliphatic rings. The van der Waals surface area contributed by atoms with Crippen LogP contribution < -0.4 is 10.6 Å². The first-order valence-electron chi connectivity index (χ1n) is 10.5. The Morgan fingerprint density at radius 3 is 2.91 bits per heavy atom. The maximum absolute atomic E-state index is 13.6. The fourth-order valence-corrected chi connectivity index (χ4v) is 5.66. The van der Waals surface area contributed by atoms with E-state index in [2.05, 4.69) is 9.97 Å². The Bertz CT molecular complexity index is 1200. The zero-order valence-corrected chi connectivity index (χ0v) is 19.0. The van der Waals surface area contributed by atoms with Gasteiger partial charge in [-0.25, -0.2) is 0 Å². The van der Waals surface area contributed by atoms with E-state index in [0.29, 0.717) is 59.3 Å². The smallest absolute Gasteiger partial charge is 0.293 e. The molecular weight excluding hydrogens is 453 g/mol. The Labute approximate surface area is 194 Å². The number of nitrogens with zero attached hydrogens (tertiary/aromatic N) is 4. The van der Waals surface area contributed by atoms with Crippen LogP contribution in [0.4, 0.5) is 11.7 Å². The molecule has 168 valence electrons. The van der Waals surface area contributed by atoms with Crippen molar-refractivity contribution in [3.05, 3.63) is 45.7 Å². The number of amides is 1. The van der Waals surface area contributed by atoms with Gasteiger partial charge >= 0.3 is 0 Å². The zero-order chi connectivity index (χ0) is 22.6. The lowest BCUT2D eigenvalue weighted by Crippen LogP contribution is -2.51. The quantitative estimate of drug-likeness (QED) is 0.583. The van der Waals surface area contributed by atoms with E-state index in [1.165, 1.54) is 0 Å². The van der Waals surface area contributed by atoms with Gasteiger partial charge in [-0.2, -0.15) is 4.98 Å². The summed E-state index contributed by atoms with van der Waals surface area (Å²) in [5.41, 5.74) is 9.43. The van der Waals surface area contributed by atoms with Gasteiger partial charge in [-0.05, 0) is 43.0 Å². The number of benzene rings is 1. The third kappa shape index (κ3) is 3.66. The molecule has 0 radical (unpaired) electrons. The number of carbonyl (C=O) groups excluding carboxylic acids is 1. The molecule has 1 saturated heterocycles. The molecule has 8 nitrogen and oxygen atoms in total. The number of fused-ring (bicyclic) bond motifs is 2. The molecule has 3 N–H and O–H groups in total. The number of halogens is 2. The molecule has 1 fully saturated rings. The first-order chi connectivity index (χ1) is 15.3. The second kappa shape index (κ2) is 8.10. The summed E-state index contributed by atoms with van der Waals surface area (Å²) in [5.74, 6) is -0.389. The van der Waals surface area contributed by atoms with Crippen molar-refractivity contribution >= 4 is 51.9 Å². The molecule has 0 bridgehead atoms. The molecule has 2 unspecified atom stereocenters. The third-order valence-corrected chi connectivity index (χ3v) is 6.92. The number of hydrogen-bond donors (Lipinski definition) is 2. The van der Waals surface area contributed by atoms with Crippen molar-refractivity contribution < 1.29 is 14.3 Å². The Morgan fingerprint density at radius 1 is 1.28 bits per heavy atom. The van der Waals surface area contributed by atoms with E-state index < -0.39 is 6.10 Å². The van der Waals surface area contributed by atoms with E-state index in [4.69, 9.17) is 33.4 Å². The van der Waals surface area contributed by atoms with Crippen molar-refractivity contribution in [2.75, 3.05) is 30.3 Å². The molecule has 5 rings (SSSR count). The van der Waals surface area contributed by atoms with Crippen molar-refractivity contribution in [2.45, 2.75) is 31.9 Å². The average molecular weight is 476 g/mol. The van der Waals surface area contributed by atoms with Gasteiger partial charge in [-0.3, -0.25) is 9.78 Å². The Balaban J connectivity index is 1.41. The van der Waals surface area contributed by atoms with Gasteiger partial charge in [-0.1, -0.05) is 23.2 Å². The minimum Gasteiger partial charge on any atom is -0.421 e. The van der Waals surface area contributed by atoms with Crippen LogP contribution in [0.1, 0.15) is 30.5 Å². The number of rotatable bonds is 2. The number of β-amino-alcohol motifs (C(OH)–C–C–N with tert-alkyl or cyclic N) is 1. The summed E-state index contributed by atoms with van der Waals surface area (Å²) < 4.78 is 5.56. The lowest BCUT2D eigenvalue weighted by Gasteiger charge is -2.41. The zero-order valence-electron chi connectivity index (χ0n) is 17.5. The summed E-state index contributed by atoms with van der Waals surface area (Å²) in [5, 5.41) is 11.8. The number of pyridine rings is 1. The number of anilines is 2. The molecule has 1 aromatic carbocycles. The average Bonchev–Trinajstić information content (AvgIpc) is 3.12. The minimum atomic E-state index is -0.664. The number of hydrogen-bond acceptors (Lipinski definition) is 7. The van der Waals surface area contributed by atoms with E-state index >= 15 is 0 Å². The van der Waals surface area contributed by atoms with Crippen LogP contribution in [0, 0.1) is 5.92 Å². The standard InChI is InChI=1S/C22H23Cl2N5O3/c1-11-19-12(4-14(23)6-16(19)24)2-3-29(11)21(31)13-5-15(30)10-28(9-13)18-8-26-7-17-20(18)32-22(25)27-17/h4,6-8,11,13,15,30H,2-3,5,9-10H2,1H3,(H2,25,27)/t11-,13?,15?/m0/s1. The Hall–Kier alpha value is -2.55. The van der Waals surface area contributed by atoms with Crippen molar-refractivity contribution in [3.8, 4) is 0 Å². The molecule has 0 saturated carbocycles. The predicted octanol–water partition coefficient (Wildman–Crippen LogP) is 3.44. The number of nitrogen functional groups attached to an aromatic ring is 1. The highest BCUT2D eigenvalue weighted by atomic mass is 35.5. The van der Waals surface area contributed by atoms with Crippen molar-refractivity contribution in [3.63, 3.8) is 0 Å². The number of aliphatic hydroxyl groups excluding tert-OH is 1. The molecule has 4 heterocycles. The number of aliphatic hydroxyl groups is 1. The SMILES string of the molecule is C[C@H]1c2c(Cl)cc(Cl)cc2CCN1C(=O)C1CC(O)CN(c2cncc3nc(N)oc23)C1. The number of oxazole rings is 1. The summed E-state index contributed by atoms with van der Waals surface area (Å²) in [7, 11) is 0. The molecule has 3 aromatic rings. The van der Waals surface area contributed by atoms with Crippen LogP contribution in [-0.4, -0.2) is 51.6 Å². The second-order valence-corrected chi connectivity index (χ2v) is 9.31. The normalized spacial score (nSPS) is 23.4. The van der Waals surface area contributed by atoms with Crippen LogP contribution in [0.3, 0.4) is 0 Å². The van der Waals surface area contributed by atoms with Gasteiger partial charge in [0, 0.05) is 29.7 Å². The third-order valence-electron chi connectivity index (χ3n) is 6.39. The van der Waals surface area contributed by atoms with Crippen LogP contribution in [-0.2, 0) is 11.2 Å². The van der Waals surface area contributed by atoms with Gasteiger partial charge in [0.1, 0.15) is 11.2 Å². The first-order valence-corrected chi connectivity index (χ1v) is 11.3. The molecule has 2 aromatic heterocycles. The summed E-state index contributed by atoms with van der Waals surface area (Å²) in [4.78, 5) is 25.7. The molecule has 0 spiro atoms. The molecule has 0 aliphatic carbocycles. The van der Waals surface area contributed by atoms with Gasteiger partial charge in [-0.15, -0.1) is 0 Å². The number of carbonyl (C=O) groups is 1. The van der Waals surface area contributed by atoms with Crippen molar-refractivity contribution in [2.24, 2.45) is 5.92 Å². The Kier molecular flexibility index (Phi) is 5.39. The first kappa shape index (κ1) is 21.3. The highest BCUT2D eigenvalue weighted by Crippen LogP contribution is 2.38. The van der Waals surface area contributed by atoms with Gasteiger partial charge in [0.2, 0.25) is 5.91 Å².